The van der Waals surface area contributed by atoms with E-state index in [0.29, 0.717) is 16.9 Å². The van der Waals surface area contributed by atoms with Gasteiger partial charge >= 0.3 is 0 Å². The second-order valence-electron chi connectivity index (χ2n) is 7.91. The lowest BCUT2D eigenvalue weighted by atomic mass is 9.76. The Morgan fingerprint density at radius 2 is 1.77 bits per heavy atom. The zero-order valence-electron chi connectivity index (χ0n) is 16.3. The van der Waals surface area contributed by atoms with Gasteiger partial charge in [-0.3, -0.25) is 4.79 Å². The minimum Gasteiger partial charge on any atom is -0.493 e. The summed E-state index contributed by atoms with van der Waals surface area (Å²) in [6.45, 7) is 7.93. The largest absolute Gasteiger partial charge is 0.493 e. The average molecular weight is 383 g/mol. The van der Waals surface area contributed by atoms with Crippen molar-refractivity contribution in [1.82, 2.24) is 10.2 Å². The molecule has 2 saturated heterocycles. The predicted octanol–water partition coefficient (Wildman–Crippen LogP) is 3.01. The Morgan fingerprint density at radius 1 is 1.12 bits per heavy atom. The van der Waals surface area contributed by atoms with Crippen molar-refractivity contribution in [3.63, 3.8) is 0 Å². The number of hydrogen-bond acceptors (Lipinski definition) is 4. The molecule has 6 heteroatoms. The zero-order valence-corrected chi connectivity index (χ0v) is 17.1. The number of nitrogens with one attached hydrogen (secondary N) is 1. The van der Waals surface area contributed by atoms with Crippen LogP contribution < -0.4 is 14.8 Å². The molecule has 26 heavy (non-hydrogen) atoms. The van der Waals surface area contributed by atoms with Gasteiger partial charge in [0.1, 0.15) is 0 Å². The molecule has 1 amide bonds. The van der Waals surface area contributed by atoms with Crippen molar-refractivity contribution in [1.29, 1.82) is 0 Å². The number of piperidine rings is 1. The molecule has 3 rings (SSSR count). The van der Waals surface area contributed by atoms with Crippen molar-refractivity contribution in [2.75, 3.05) is 40.4 Å². The summed E-state index contributed by atoms with van der Waals surface area (Å²) >= 11 is 0. The molecule has 0 aromatic heterocycles. The van der Waals surface area contributed by atoms with Gasteiger partial charge in [0.2, 0.25) is 5.91 Å². The Morgan fingerprint density at radius 3 is 2.31 bits per heavy atom. The van der Waals surface area contributed by atoms with Gasteiger partial charge in [0.15, 0.2) is 11.5 Å². The Bertz CT molecular complexity index is 632. The average Bonchev–Trinajstić information content (AvgIpc) is 3.09. The van der Waals surface area contributed by atoms with E-state index in [9.17, 15) is 4.79 Å². The molecular weight excluding hydrogens is 352 g/mol. The molecule has 1 aromatic rings. The number of amides is 1. The van der Waals surface area contributed by atoms with E-state index in [1.807, 2.05) is 36.9 Å². The highest BCUT2D eigenvalue weighted by Gasteiger charge is 2.41. The first kappa shape index (κ1) is 20.8. The van der Waals surface area contributed by atoms with E-state index in [-0.39, 0.29) is 18.3 Å². The number of rotatable bonds is 4. The molecule has 0 unspecified atom stereocenters. The first-order valence-electron chi connectivity index (χ1n) is 9.14. The van der Waals surface area contributed by atoms with Crippen LogP contribution in [-0.2, 0) is 10.2 Å². The summed E-state index contributed by atoms with van der Waals surface area (Å²) in [5.41, 5.74) is 0.792. The Kier molecular flexibility index (Phi) is 6.46. The Labute approximate surface area is 162 Å². The summed E-state index contributed by atoms with van der Waals surface area (Å²) in [6.07, 6.45) is 3.45. The molecule has 2 heterocycles. The molecule has 2 aliphatic heterocycles. The number of carbonyl (C=O) groups is 1. The third kappa shape index (κ3) is 3.79. The van der Waals surface area contributed by atoms with E-state index in [0.717, 1.165) is 44.6 Å². The minimum absolute atomic E-state index is 0. The summed E-state index contributed by atoms with van der Waals surface area (Å²) in [4.78, 5) is 15.3. The van der Waals surface area contributed by atoms with Crippen molar-refractivity contribution < 1.29 is 14.3 Å². The molecule has 0 aliphatic carbocycles. The Hall–Kier alpha value is -1.46. The number of carbonyl (C=O) groups excluding carboxylic acids is 1. The topological polar surface area (TPSA) is 50.8 Å². The SMILES string of the molecule is COc1ccc(C(C)(C)C(=O)N2CCC3(CCNC3)CC2)cc1OC.Cl. The number of benzene rings is 1. The maximum atomic E-state index is 13.2. The molecular formula is C20H31ClN2O3. The van der Waals surface area contributed by atoms with E-state index in [4.69, 9.17) is 9.47 Å². The van der Waals surface area contributed by atoms with E-state index in [2.05, 4.69) is 5.32 Å². The molecule has 1 aromatic carbocycles. The van der Waals surface area contributed by atoms with E-state index < -0.39 is 5.41 Å². The number of halogens is 1. The van der Waals surface area contributed by atoms with Gasteiger partial charge in [0.25, 0.3) is 0 Å². The van der Waals surface area contributed by atoms with Crippen LogP contribution in [0.4, 0.5) is 0 Å². The zero-order chi connectivity index (χ0) is 18.1. The number of ether oxygens (including phenoxy) is 2. The smallest absolute Gasteiger partial charge is 0.232 e. The van der Waals surface area contributed by atoms with Gasteiger partial charge in [-0.15, -0.1) is 12.4 Å². The molecule has 5 nitrogen and oxygen atoms in total. The monoisotopic (exact) mass is 382 g/mol. The fourth-order valence-corrected chi connectivity index (χ4v) is 4.15. The van der Waals surface area contributed by atoms with E-state index in [1.54, 1.807) is 14.2 Å². The molecule has 2 aliphatic rings. The summed E-state index contributed by atoms with van der Waals surface area (Å²) in [5.74, 6) is 1.54. The van der Waals surface area contributed by atoms with Crippen molar-refractivity contribution in [2.45, 2.75) is 38.5 Å². The Balaban J connectivity index is 0.00000243. The lowest BCUT2D eigenvalue weighted by Crippen LogP contribution is -2.49. The van der Waals surface area contributed by atoms with Crippen LogP contribution in [0.15, 0.2) is 18.2 Å². The molecule has 0 bridgehead atoms. The van der Waals surface area contributed by atoms with Crippen LogP contribution in [0, 0.1) is 5.41 Å². The van der Waals surface area contributed by atoms with Gasteiger partial charge in [-0.05, 0) is 62.8 Å². The second-order valence-corrected chi connectivity index (χ2v) is 7.91. The predicted molar refractivity (Wildman–Crippen MR) is 106 cm³/mol. The third-order valence-electron chi connectivity index (χ3n) is 6.08. The summed E-state index contributed by atoms with van der Waals surface area (Å²) < 4.78 is 10.7. The van der Waals surface area contributed by atoms with Crippen molar-refractivity contribution in [2.24, 2.45) is 5.41 Å². The van der Waals surface area contributed by atoms with Crippen LogP contribution >= 0.6 is 12.4 Å². The highest BCUT2D eigenvalue weighted by molar-refractivity contribution is 5.87. The number of hydrogen-bond donors (Lipinski definition) is 1. The molecule has 2 fully saturated rings. The van der Waals surface area contributed by atoms with Crippen LogP contribution in [0.2, 0.25) is 0 Å². The van der Waals surface area contributed by atoms with Gasteiger partial charge < -0.3 is 19.7 Å². The minimum atomic E-state index is -0.585. The maximum Gasteiger partial charge on any atom is 0.232 e. The van der Waals surface area contributed by atoms with Crippen LogP contribution in [0.5, 0.6) is 11.5 Å². The van der Waals surface area contributed by atoms with Gasteiger partial charge in [-0.2, -0.15) is 0 Å². The van der Waals surface area contributed by atoms with Crippen molar-refractivity contribution >= 4 is 18.3 Å². The summed E-state index contributed by atoms with van der Waals surface area (Å²) in [6, 6.07) is 5.76. The molecule has 0 atom stereocenters. The summed E-state index contributed by atoms with van der Waals surface area (Å²) in [7, 11) is 3.24. The number of methoxy groups -OCH3 is 2. The van der Waals surface area contributed by atoms with Gasteiger partial charge in [0, 0.05) is 19.6 Å². The quantitative estimate of drug-likeness (QED) is 0.869. The van der Waals surface area contributed by atoms with Crippen LogP contribution in [0.1, 0.15) is 38.7 Å². The van der Waals surface area contributed by atoms with Gasteiger partial charge in [-0.1, -0.05) is 6.07 Å². The van der Waals surface area contributed by atoms with Crippen molar-refractivity contribution in [3.05, 3.63) is 23.8 Å². The van der Waals surface area contributed by atoms with E-state index in [1.165, 1.54) is 6.42 Å². The standard InChI is InChI=1S/C20H30N2O3.ClH/c1-19(2,15-5-6-16(24-3)17(13-15)25-4)18(23)22-11-8-20(9-12-22)7-10-21-14-20;/h5-6,13,21H,7-12,14H2,1-4H3;1H. The molecule has 0 radical (unpaired) electrons. The first-order valence-corrected chi connectivity index (χ1v) is 9.14. The normalized spacial score (nSPS) is 19.2. The molecule has 146 valence electrons. The van der Waals surface area contributed by atoms with Crippen molar-refractivity contribution in [3.8, 4) is 11.5 Å². The molecule has 0 saturated carbocycles. The highest BCUT2D eigenvalue weighted by Crippen LogP contribution is 2.39. The molecule has 1 N–H and O–H groups in total. The lowest BCUT2D eigenvalue weighted by molar-refractivity contribution is -0.138. The van der Waals surface area contributed by atoms with E-state index >= 15 is 0 Å². The number of nitrogens with zero attached hydrogens (tertiary/aromatic N) is 1. The second kappa shape index (κ2) is 8.05. The highest BCUT2D eigenvalue weighted by atomic mass is 35.5. The third-order valence-corrected chi connectivity index (χ3v) is 6.08. The fraction of sp³-hybridized carbons (Fsp3) is 0.650. The van der Waals surface area contributed by atoms with Gasteiger partial charge in [0.05, 0.1) is 19.6 Å². The van der Waals surface area contributed by atoms with Crippen LogP contribution in [-0.4, -0.2) is 51.2 Å². The van der Waals surface area contributed by atoms with Gasteiger partial charge in [-0.25, -0.2) is 0 Å². The lowest BCUT2D eigenvalue weighted by Gasteiger charge is -2.41. The summed E-state index contributed by atoms with van der Waals surface area (Å²) in [5, 5.41) is 3.48. The maximum absolute atomic E-state index is 13.2. The van der Waals surface area contributed by atoms with Crippen LogP contribution in [0.3, 0.4) is 0 Å². The number of likely N-dealkylation sites (tertiary alicyclic amines) is 1. The first-order chi connectivity index (χ1) is 11.9. The van der Waals surface area contributed by atoms with Crippen LogP contribution in [0.25, 0.3) is 0 Å². The molecule has 1 spiro atoms. The fourth-order valence-electron chi connectivity index (χ4n) is 4.15.